The third kappa shape index (κ3) is 1.74. The highest BCUT2D eigenvalue weighted by Gasteiger charge is 2.44. The van der Waals surface area contributed by atoms with Crippen molar-refractivity contribution in [2.24, 2.45) is 4.99 Å². The molecule has 1 aliphatic heterocycles. The van der Waals surface area contributed by atoms with E-state index in [1.54, 1.807) is 0 Å². The second kappa shape index (κ2) is 4.66. The van der Waals surface area contributed by atoms with Gasteiger partial charge in [0, 0.05) is 16.7 Å². The number of halogens is 2. The Morgan fingerprint density at radius 3 is 2.59 bits per heavy atom. The lowest BCUT2D eigenvalue weighted by molar-refractivity contribution is 0.596. The summed E-state index contributed by atoms with van der Waals surface area (Å²) in [5, 5.41) is 0. The van der Waals surface area contributed by atoms with Crippen LogP contribution in [0.1, 0.15) is 38.2 Å². The zero-order valence-corrected chi connectivity index (χ0v) is 12.2. The first-order valence-corrected chi connectivity index (χ1v) is 7.47. The highest BCUT2D eigenvalue weighted by Crippen LogP contribution is 2.52. The van der Waals surface area contributed by atoms with Crippen LogP contribution in [0, 0.1) is 11.6 Å². The Labute approximate surface area is 127 Å². The van der Waals surface area contributed by atoms with Crippen LogP contribution in [0.3, 0.4) is 0 Å². The summed E-state index contributed by atoms with van der Waals surface area (Å²) in [5.41, 5.74) is 2.68. The minimum Gasteiger partial charge on any atom is -0.254 e. The molecule has 112 valence electrons. The maximum absolute atomic E-state index is 14.5. The molecule has 0 amide bonds. The molecule has 0 atom stereocenters. The van der Waals surface area contributed by atoms with Gasteiger partial charge in [-0.05, 0) is 37.5 Å². The summed E-state index contributed by atoms with van der Waals surface area (Å²) in [7, 11) is 0. The van der Waals surface area contributed by atoms with Crippen LogP contribution in [0.2, 0.25) is 0 Å². The molecule has 1 fully saturated rings. The number of aromatic nitrogens is 2. The fourth-order valence-corrected chi connectivity index (χ4v) is 3.82. The van der Waals surface area contributed by atoms with E-state index < -0.39 is 11.6 Å². The molecule has 2 aromatic rings. The SMILES string of the molecule is CC1=Nc2c(F)cc(-c3ncncc3F)cc2C12CCCC2. The van der Waals surface area contributed by atoms with Crippen molar-refractivity contribution in [1.29, 1.82) is 0 Å². The normalized spacial score (nSPS) is 18.6. The maximum atomic E-state index is 14.5. The minimum atomic E-state index is -0.544. The van der Waals surface area contributed by atoms with E-state index in [2.05, 4.69) is 15.0 Å². The van der Waals surface area contributed by atoms with E-state index in [9.17, 15) is 8.78 Å². The number of rotatable bonds is 1. The van der Waals surface area contributed by atoms with Crippen LogP contribution in [-0.2, 0) is 5.41 Å². The Balaban J connectivity index is 1.93. The van der Waals surface area contributed by atoms with Crippen LogP contribution < -0.4 is 0 Å². The van der Waals surface area contributed by atoms with E-state index in [1.807, 2.05) is 13.0 Å². The van der Waals surface area contributed by atoms with Crippen LogP contribution in [0.15, 0.2) is 29.6 Å². The number of hydrogen-bond donors (Lipinski definition) is 0. The van der Waals surface area contributed by atoms with Crippen LogP contribution >= 0.6 is 0 Å². The van der Waals surface area contributed by atoms with Gasteiger partial charge in [0.15, 0.2) is 5.82 Å². The first-order chi connectivity index (χ1) is 10.6. The van der Waals surface area contributed by atoms with E-state index in [0.29, 0.717) is 11.3 Å². The van der Waals surface area contributed by atoms with Gasteiger partial charge in [0.2, 0.25) is 0 Å². The van der Waals surface area contributed by atoms with Crippen LogP contribution in [0.25, 0.3) is 11.3 Å². The largest absolute Gasteiger partial charge is 0.254 e. The minimum absolute atomic E-state index is 0.134. The molecule has 1 aromatic heterocycles. The van der Waals surface area contributed by atoms with Crippen molar-refractivity contribution in [3.63, 3.8) is 0 Å². The molecular weight excluding hydrogens is 284 g/mol. The Morgan fingerprint density at radius 2 is 1.86 bits per heavy atom. The van der Waals surface area contributed by atoms with Gasteiger partial charge in [0.25, 0.3) is 0 Å². The van der Waals surface area contributed by atoms with Gasteiger partial charge in [-0.1, -0.05) is 12.8 Å². The smallest absolute Gasteiger partial charge is 0.167 e. The average Bonchev–Trinajstić information content (AvgIpc) is 3.09. The lowest BCUT2D eigenvalue weighted by Gasteiger charge is -2.25. The van der Waals surface area contributed by atoms with Crippen LogP contribution in [0.5, 0.6) is 0 Å². The summed E-state index contributed by atoms with van der Waals surface area (Å²) in [6.07, 6.45) is 6.55. The molecule has 0 N–H and O–H groups in total. The number of aliphatic imine (C=N–C) groups is 1. The van der Waals surface area contributed by atoms with Gasteiger partial charge < -0.3 is 0 Å². The van der Waals surface area contributed by atoms with E-state index >= 15 is 0 Å². The fourth-order valence-electron chi connectivity index (χ4n) is 3.82. The quantitative estimate of drug-likeness (QED) is 0.785. The summed E-state index contributed by atoms with van der Waals surface area (Å²) < 4.78 is 28.4. The van der Waals surface area contributed by atoms with Crippen molar-refractivity contribution in [1.82, 2.24) is 9.97 Å². The summed E-state index contributed by atoms with van der Waals surface area (Å²) in [5.74, 6) is -0.952. The van der Waals surface area contributed by atoms with E-state index in [0.717, 1.165) is 43.2 Å². The first-order valence-electron chi connectivity index (χ1n) is 7.47. The van der Waals surface area contributed by atoms with Gasteiger partial charge in [-0.15, -0.1) is 0 Å². The standard InChI is InChI=1S/C17H15F2N3/c1-10-17(4-2-3-5-17)12-6-11(7-13(18)16(12)22-10)15-14(19)8-20-9-21-15/h6-9H,2-5H2,1H3. The number of nitrogens with zero attached hydrogens (tertiary/aromatic N) is 3. The fraction of sp³-hybridized carbons (Fsp3) is 0.353. The highest BCUT2D eigenvalue weighted by molar-refractivity contribution is 6.01. The molecule has 0 saturated heterocycles. The van der Waals surface area contributed by atoms with E-state index in [4.69, 9.17) is 0 Å². The third-order valence-electron chi connectivity index (χ3n) is 4.95. The van der Waals surface area contributed by atoms with Crippen LogP contribution in [0.4, 0.5) is 14.5 Å². The summed E-state index contributed by atoms with van der Waals surface area (Å²) in [6, 6.07) is 3.17. The average molecular weight is 299 g/mol. The van der Waals surface area contributed by atoms with Crippen molar-refractivity contribution in [3.8, 4) is 11.3 Å². The van der Waals surface area contributed by atoms with Crippen molar-refractivity contribution in [2.75, 3.05) is 0 Å². The Hall–Kier alpha value is -2.17. The first kappa shape index (κ1) is 13.5. The molecule has 1 spiro atoms. The second-order valence-corrected chi connectivity index (χ2v) is 6.06. The number of hydrogen-bond acceptors (Lipinski definition) is 3. The maximum Gasteiger partial charge on any atom is 0.167 e. The van der Waals surface area contributed by atoms with Gasteiger partial charge in [-0.2, -0.15) is 0 Å². The predicted molar refractivity (Wildman–Crippen MR) is 80.3 cm³/mol. The number of benzene rings is 1. The molecule has 0 bridgehead atoms. The molecule has 0 radical (unpaired) electrons. The Bertz CT molecular complexity index is 792. The van der Waals surface area contributed by atoms with Gasteiger partial charge in [-0.25, -0.2) is 18.7 Å². The van der Waals surface area contributed by atoms with E-state index in [-0.39, 0.29) is 11.1 Å². The van der Waals surface area contributed by atoms with Gasteiger partial charge in [-0.3, -0.25) is 4.99 Å². The summed E-state index contributed by atoms with van der Waals surface area (Å²) in [6.45, 7) is 1.97. The molecule has 4 rings (SSSR count). The molecule has 2 aliphatic rings. The van der Waals surface area contributed by atoms with Crippen molar-refractivity contribution >= 4 is 11.4 Å². The molecule has 22 heavy (non-hydrogen) atoms. The molecule has 3 nitrogen and oxygen atoms in total. The molecule has 1 aliphatic carbocycles. The molecule has 1 aromatic carbocycles. The van der Waals surface area contributed by atoms with E-state index in [1.165, 1.54) is 12.4 Å². The molecule has 0 unspecified atom stereocenters. The summed E-state index contributed by atoms with van der Waals surface area (Å²) in [4.78, 5) is 12.1. The lowest BCUT2D eigenvalue weighted by atomic mass is 9.76. The van der Waals surface area contributed by atoms with Crippen LogP contribution in [-0.4, -0.2) is 15.7 Å². The van der Waals surface area contributed by atoms with Crippen molar-refractivity contribution in [3.05, 3.63) is 41.9 Å². The second-order valence-electron chi connectivity index (χ2n) is 6.06. The molecule has 5 heteroatoms. The monoisotopic (exact) mass is 299 g/mol. The molecule has 1 saturated carbocycles. The highest BCUT2D eigenvalue weighted by atomic mass is 19.1. The van der Waals surface area contributed by atoms with Crippen molar-refractivity contribution < 1.29 is 8.78 Å². The summed E-state index contributed by atoms with van der Waals surface area (Å²) >= 11 is 0. The van der Waals surface area contributed by atoms with Gasteiger partial charge in [0.05, 0.1) is 6.20 Å². The van der Waals surface area contributed by atoms with Gasteiger partial charge >= 0.3 is 0 Å². The zero-order chi connectivity index (χ0) is 15.3. The molecular formula is C17H15F2N3. The lowest BCUT2D eigenvalue weighted by Crippen LogP contribution is -2.27. The van der Waals surface area contributed by atoms with Crippen molar-refractivity contribution in [2.45, 2.75) is 38.0 Å². The topological polar surface area (TPSA) is 38.1 Å². The predicted octanol–water partition coefficient (Wildman–Crippen LogP) is 4.34. The zero-order valence-electron chi connectivity index (χ0n) is 12.2. The number of fused-ring (bicyclic) bond motifs is 2. The third-order valence-corrected chi connectivity index (χ3v) is 4.95. The Kier molecular flexibility index (Phi) is 2.86. The molecule has 2 heterocycles. The Morgan fingerprint density at radius 1 is 1.09 bits per heavy atom. The van der Waals surface area contributed by atoms with Gasteiger partial charge in [0.1, 0.15) is 23.5 Å².